The van der Waals surface area contributed by atoms with Gasteiger partial charge in [-0.2, -0.15) is 11.8 Å². The van der Waals surface area contributed by atoms with Gasteiger partial charge in [-0.3, -0.25) is 9.59 Å². The number of nitrogens with one attached hydrogen (secondary N) is 1. The Morgan fingerprint density at radius 3 is 2.91 bits per heavy atom. The molecule has 1 heterocycles. The standard InChI is InChI=1S/C16H17N3O3S/c1-11-14(8-17-10-18-11)16(22)19-13-4-2-3-12(7-13)9-23-6-5-15(20)21/h2-4,7-8,10H,5-6,9H2,1H3,(H,19,22)(H,20,21). The highest BCUT2D eigenvalue weighted by Gasteiger charge is 2.10. The minimum Gasteiger partial charge on any atom is -0.481 e. The van der Waals surface area contributed by atoms with Crippen molar-refractivity contribution < 1.29 is 14.7 Å². The number of hydrogen-bond donors (Lipinski definition) is 2. The number of nitrogens with zero attached hydrogens (tertiary/aromatic N) is 2. The van der Waals surface area contributed by atoms with E-state index in [1.54, 1.807) is 18.7 Å². The third kappa shape index (κ3) is 5.37. The number of amides is 1. The van der Waals surface area contributed by atoms with E-state index >= 15 is 0 Å². The second-order valence-electron chi connectivity index (χ2n) is 4.87. The number of rotatable bonds is 7. The Morgan fingerprint density at radius 2 is 2.17 bits per heavy atom. The quantitative estimate of drug-likeness (QED) is 0.758. The number of carbonyl (C=O) groups is 2. The molecule has 2 aromatic rings. The minimum atomic E-state index is -0.793. The zero-order valence-electron chi connectivity index (χ0n) is 12.7. The summed E-state index contributed by atoms with van der Waals surface area (Å²) in [5.74, 6) is 0.217. The number of hydrogen-bond acceptors (Lipinski definition) is 5. The first-order valence-corrected chi connectivity index (χ1v) is 8.18. The van der Waals surface area contributed by atoms with E-state index < -0.39 is 5.97 Å². The molecule has 120 valence electrons. The number of anilines is 1. The molecule has 0 bridgehead atoms. The Hall–Kier alpha value is -2.41. The summed E-state index contributed by atoms with van der Waals surface area (Å²) < 4.78 is 0. The molecule has 0 saturated heterocycles. The van der Waals surface area contributed by atoms with E-state index in [-0.39, 0.29) is 12.3 Å². The molecule has 0 radical (unpaired) electrons. The Bertz CT molecular complexity index is 706. The number of aromatic nitrogens is 2. The van der Waals surface area contributed by atoms with E-state index in [1.807, 2.05) is 24.3 Å². The Kier molecular flexibility index (Phi) is 6.10. The normalized spacial score (nSPS) is 10.3. The first kappa shape index (κ1) is 17.0. The van der Waals surface area contributed by atoms with Gasteiger partial charge in [0.1, 0.15) is 6.33 Å². The predicted molar refractivity (Wildman–Crippen MR) is 89.6 cm³/mol. The van der Waals surface area contributed by atoms with Crippen molar-refractivity contribution in [1.29, 1.82) is 0 Å². The lowest BCUT2D eigenvalue weighted by Gasteiger charge is -2.08. The van der Waals surface area contributed by atoms with E-state index in [9.17, 15) is 9.59 Å². The van der Waals surface area contributed by atoms with Gasteiger partial charge in [-0.05, 0) is 24.6 Å². The van der Waals surface area contributed by atoms with Crippen LogP contribution in [0.2, 0.25) is 0 Å². The molecule has 0 aliphatic carbocycles. The molecule has 23 heavy (non-hydrogen) atoms. The summed E-state index contributed by atoms with van der Waals surface area (Å²) in [6.07, 6.45) is 3.04. The number of carboxylic acid groups (broad SMARTS) is 1. The second-order valence-corrected chi connectivity index (χ2v) is 5.98. The van der Waals surface area contributed by atoms with E-state index in [0.717, 1.165) is 5.56 Å². The van der Waals surface area contributed by atoms with Gasteiger partial charge >= 0.3 is 5.97 Å². The van der Waals surface area contributed by atoms with Crippen molar-refractivity contribution in [1.82, 2.24) is 9.97 Å². The number of benzene rings is 1. The molecule has 1 amide bonds. The highest BCUT2D eigenvalue weighted by molar-refractivity contribution is 7.98. The summed E-state index contributed by atoms with van der Waals surface area (Å²) in [5.41, 5.74) is 2.78. The van der Waals surface area contributed by atoms with Crippen molar-refractivity contribution in [2.45, 2.75) is 19.1 Å². The first-order valence-electron chi connectivity index (χ1n) is 7.02. The van der Waals surface area contributed by atoms with Gasteiger partial charge in [0.25, 0.3) is 5.91 Å². The molecule has 6 nitrogen and oxygen atoms in total. The molecule has 2 N–H and O–H groups in total. The van der Waals surface area contributed by atoms with Crippen molar-refractivity contribution in [3.63, 3.8) is 0 Å². The molecule has 0 aliphatic rings. The van der Waals surface area contributed by atoms with Gasteiger partial charge in [-0.25, -0.2) is 9.97 Å². The monoisotopic (exact) mass is 331 g/mol. The van der Waals surface area contributed by atoms with Crippen molar-refractivity contribution >= 4 is 29.3 Å². The highest BCUT2D eigenvalue weighted by Crippen LogP contribution is 2.18. The number of aryl methyl sites for hydroxylation is 1. The Balaban J connectivity index is 1.96. The summed E-state index contributed by atoms with van der Waals surface area (Å²) in [6.45, 7) is 1.76. The average Bonchev–Trinajstić information content (AvgIpc) is 2.52. The molecule has 7 heteroatoms. The van der Waals surface area contributed by atoms with Crippen LogP contribution >= 0.6 is 11.8 Å². The van der Waals surface area contributed by atoms with Crippen LogP contribution in [0, 0.1) is 6.92 Å². The number of carbonyl (C=O) groups excluding carboxylic acids is 1. The first-order chi connectivity index (χ1) is 11.1. The summed E-state index contributed by atoms with van der Waals surface area (Å²) in [4.78, 5) is 30.6. The fourth-order valence-electron chi connectivity index (χ4n) is 1.90. The van der Waals surface area contributed by atoms with Crippen LogP contribution in [0.15, 0.2) is 36.8 Å². The van der Waals surface area contributed by atoms with Gasteiger partial charge in [0.05, 0.1) is 17.7 Å². The summed E-state index contributed by atoms with van der Waals surface area (Å²) in [6, 6.07) is 7.49. The number of thioether (sulfide) groups is 1. The molecule has 1 aromatic carbocycles. The maximum atomic E-state index is 12.2. The van der Waals surface area contributed by atoms with Gasteiger partial charge in [0, 0.05) is 23.4 Å². The van der Waals surface area contributed by atoms with Crippen molar-refractivity contribution in [3.8, 4) is 0 Å². The highest BCUT2D eigenvalue weighted by atomic mass is 32.2. The average molecular weight is 331 g/mol. The largest absolute Gasteiger partial charge is 0.481 e. The topological polar surface area (TPSA) is 92.2 Å². The molecule has 0 aliphatic heterocycles. The van der Waals surface area contributed by atoms with Crippen molar-refractivity contribution in [2.24, 2.45) is 0 Å². The van der Waals surface area contributed by atoms with Crippen LogP contribution in [-0.2, 0) is 10.5 Å². The molecule has 0 saturated carbocycles. The van der Waals surface area contributed by atoms with Crippen molar-refractivity contribution in [3.05, 3.63) is 53.6 Å². The third-order valence-corrected chi connectivity index (χ3v) is 4.10. The molecular formula is C16H17N3O3S. The smallest absolute Gasteiger partial charge is 0.304 e. The fraction of sp³-hybridized carbons (Fsp3) is 0.250. The molecule has 1 aromatic heterocycles. The second kappa shape index (κ2) is 8.28. The maximum absolute atomic E-state index is 12.2. The zero-order chi connectivity index (χ0) is 16.7. The van der Waals surface area contributed by atoms with Crippen LogP contribution in [0.5, 0.6) is 0 Å². The Morgan fingerprint density at radius 1 is 1.35 bits per heavy atom. The molecular weight excluding hydrogens is 314 g/mol. The SMILES string of the molecule is Cc1ncncc1C(=O)Nc1cccc(CSCCC(=O)O)c1. The fourth-order valence-corrected chi connectivity index (χ4v) is 2.78. The maximum Gasteiger partial charge on any atom is 0.304 e. The molecule has 0 spiro atoms. The van der Waals surface area contributed by atoms with Gasteiger partial charge in [-0.1, -0.05) is 12.1 Å². The van der Waals surface area contributed by atoms with Gasteiger partial charge in [0.15, 0.2) is 0 Å². The number of aliphatic carboxylic acids is 1. The number of carboxylic acids is 1. The van der Waals surface area contributed by atoms with Gasteiger partial charge < -0.3 is 10.4 Å². The van der Waals surface area contributed by atoms with Crippen LogP contribution < -0.4 is 5.32 Å². The van der Waals surface area contributed by atoms with Gasteiger partial charge in [-0.15, -0.1) is 0 Å². The van der Waals surface area contributed by atoms with E-state index in [0.29, 0.717) is 28.5 Å². The molecule has 2 rings (SSSR count). The summed E-state index contributed by atoms with van der Waals surface area (Å²) in [7, 11) is 0. The lowest BCUT2D eigenvalue weighted by Crippen LogP contribution is -2.14. The van der Waals surface area contributed by atoms with E-state index in [2.05, 4.69) is 15.3 Å². The minimum absolute atomic E-state index is 0.147. The summed E-state index contributed by atoms with van der Waals surface area (Å²) >= 11 is 1.55. The third-order valence-electron chi connectivity index (χ3n) is 3.07. The van der Waals surface area contributed by atoms with Gasteiger partial charge in [0.2, 0.25) is 0 Å². The van der Waals surface area contributed by atoms with Crippen LogP contribution in [0.25, 0.3) is 0 Å². The lowest BCUT2D eigenvalue weighted by molar-refractivity contribution is -0.136. The van der Waals surface area contributed by atoms with Crippen LogP contribution in [0.3, 0.4) is 0 Å². The van der Waals surface area contributed by atoms with Crippen LogP contribution in [0.4, 0.5) is 5.69 Å². The molecule has 0 fully saturated rings. The van der Waals surface area contributed by atoms with E-state index in [4.69, 9.17) is 5.11 Å². The molecule has 0 unspecified atom stereocenters. The van der Waals surface area contributed by atoms with Crippen LogP contribution in [-0.4, -0.2) is 32.7 Å². The molecule has 0 atom stereocenters. The van der Waals surface area contributed by atoms with Crippen LogP contribution in [0.1, 0.15) is 28.0 Å². The zero-order valence-corrected chi connectivity index (χ0v) is 13.5. The predicted octanol–water partition coefficient (Wildman–Crippen LogP) is 2.75. The lowest BCUT2D eigenvalue weighted by atomic mass is 10.2. The van der Waals surface area contributed by atoms with E-state index in [1.165, 1.54) is 12.5 Å². The Labute approximate surface area is 138 Å². The van der Waals surface area contributed by atoms with Crippen molar-refractivity contribution in [2.75, 3.05) is 11.1 Å². The summed E-state index contributed by atoms with van der Waals surface area (Å²) in [5, 5.41) is 11.4.